The minimum absolute atomic E-state index is 0.0627. The molecular weight excluding hydrogens is 572 g/mol. The number of thiophene rings is 1. The molecule has 0 atom stereocenters. The molecule has 3 rings (SSSR count). The van der Waals surface area contributed by atoms with Gasteiger partial charge in [-0.2, -0.15) is 0 Å². The molecule has 0 unspecified atom stereocenters. The number of halogens is 5. The second-order valence-corrected chi connectivity index (χ2v) is 12.2. The maximum atomic E-state index is 12.5. The number of unbranched alkanes of at least 4 members (excludes halogenated alkanes) is 2. The second kappa shape index (κ2) is 12.4. The molecule has 0 aliphatic rings. The number of hydrogen-bond donors (Lipinski definition) is 0. The third-order valence-corrected chi connectivity index (χ3v) is 8.53. The van der Waals surface area contributed by atoms with Crippen LogP contribution in [0.2, 0.25) is 24.7 Å². The van der Waals surface area contributed by atoms with Crippen LogP contribution in [0.3, 0.4) is 0 Å². The highest BCUT2D eigenvalue weighted by Gasteiger charge is 2.23. The van der Waals surface area contributed by atoms with Gasteiger partial charge in [-0.05, 0) is 18.9 Å². The number of rotatable bonds is 7. The number of hydrogen-bond acceptors (Lipinski definition) is 6. The molecule has 0 amide bonds. The number of pyridine rings is 1. The van der Waals surface area contributed by atoms with Gasteiger partial charge in [0.2, 0.25) is 0 Å². The molecule has 0 saturated carbocycles. The summed E-state index contributed by atoms with van der Waals surface area (Å²) in [7, 11) is -3.58. The van der Waals surface area contributed by atoms with Gasteiger partial charge in [0.15, 0.2) is 20.1 Å². The Balaban J connectivity index is 0.000000245. The van der Waals surface area contributed by atoms with Gasteiger partial charge >= 0.3 is 0 Å². The van der Waals surface area contributed by atoms with Crippen LogP contribution in [-0.2, 0) is 22.8 Å². The highest BCUT2D eigenvalue weighted by Crippen LogP contribution is 2.37. The lowest BCUT2D eigenvalue weighted by molar-refractivity contribution is 0.567. The predicted octanol–water partition coefficient (Wildman–Crippen LogP) is 7.35. The van der Waals surface area contributed by atoms with Gasteiger partial charge in [-0.3, -0.25) is 9.36 Å². The predicted molar refractivity (Wildman–Crippen MR) is 140 cm³/mol. The Morgan fingerprint density at radius 1 is 0.970 bits per heavy atom. The zero-order valence-corrected chi connectivity index (χ0v) is 23.5. The Labute approximate surface area is 221 Å². The van der Waals surface area contributed by atoms with Crippen molar-refractivity contribution in [1.82, 2.24) is 14.5 Å². The molecule has 0 fully saturated rings. The van der Waals surface area contributed by atoms with Crippen LogP contribution >= 0.6 is 69.3 Å². The first kappa shape index (κ1) is 28.6. The molecule has 0 spiro atoms. The molecule has 0 aromatic carbocycles. The lowest BCUT2D eigenvalue weighted by Gasteiger charge is -2.11. The van der Waals surface area contributed by atoms with E-state index in [1.807, 2.05) is 4.57 Å². The van der Waals surface area contributed by atoms with Crippen molar-refractivity contribution in [3.63, 3.8) is 0 Å². The number of aryl methyl sites for hydroxylation is 1. The SMILES string of the molecule is CCCCc1nc2sc(Cl)cc2c(=O)n1CCCC.CS(=O)(=O)c1c(Cl)c(Cl)nc(Cl)c1Cl. The Kier molecular flexibility index (Phi) is 10.7. The van der Waals surface area contributed by atoms with Gasteiger partial charge in [0.1, 0.15) is 15.6 Å². The molecule has 33 heavy (non-hydrogen) atoms. The Bertz CT molecular complexity index is 1280. The van der Waals surface area contributed by atoms with Crippen LogP contribution in [0.5, 0.6) is 0 Å². The molecule has 3 aromatic rings. The third-order valence-electron chi connectivity index (χ3n) is 4.52. The molecule has 0 aliphatic heterocycles. The molecule has 0 N–H and O–H groups in total. The lowest BCUT2D eigenvalue weighted by Crippen LogP contribution is -2.25. The average Bonchev–Trinajstić information content (AvgIpc) is 3.10. The van der Waals surface area contributed by atoms with Crippen molar-refractivity contribution >= 4 is 89.4 Å². The maximum Gasteiger partial charge on any atom is 0.262 e. The van der Waals surface area contributed by atoms with Gasteiger partial charge in [0.25, 0.3) is 5.56 Å². The third kappa shape index (κ3) is 7.19. The van der Waals surface area contributed by atoms with E-state index in [4.69, 9.17) is 58.0 Å². The Morgan fingerprint density at radius 3 is 2.06 bits per heavy atom. The fourth-order valence-electron chi connectivity index (χ4n) is 2.89. The number of fused-ring (bicyclic) bond motifs is 1. The van der Waals surface area contributed by atoms with Crippen LogP contribution in [-0.4, -0.2) is 29.2 Å². The van der Waals surface area contributed by atoms with Gasteiger partial charge in [0.05, 0.1) is 19.8 Å². The van der Waals surface area contributed by atoms with Crippen LogP contribution in [0.1, 0.15) is 45.4 Å². The largest absolute Gasteiger partial charge is 0.296 e. The van der Waals surface area contributed by atoms with Gasteiger partial charge in [-0.15, -0.1) is 11.3 Å². The van der Waals surface area contributed by atoms with Gasteiger partial charge in [-0.25, -0.2) is 18.4 Å². The molecular formula is C20H22Cl5N3O3S2. The Morgan fingerprint density at radius 2 is 1.55 bits per heavy atom. The van der Waals surface area contributed by atoms with Crippen molar-refractivity contribution in [2.24, 2.45) is 0 Å². The number of sulfone groups is 1. The normalized spacial score (nSPS) is 11.5. The van der Waals surface area contributed by atoms with Crippen LogP contribution in [0, 0.1) is 0 Å². The number of aromatic nitrogens is 3. The molecule has 3 heterocycles. The van der Waals surface area contributed by atoms with Gasteiger partial charge in [0, 0.05) is 19.2 Å². The van der Waals surface area contributed by atoms with E-state index in [0.29, 0.717) is 9.72 Å². The summed E-state index contributed by atoms with van der Waals surface area (Å²) in [5, 5.41) is -0.165. The quantitative estimate of drug-likeness (QED) is 0.268. The van der Waals surface area contributed by atoms with Crippen LogP contribution in [0.25, 0.3) is 10.2 Å². The summed E-state index contributed by atoms with van der Waals surface area (Å²) >= 11 is 29.8. The highest BCUT2D eigenvalue weighted by molar-refractivity contribution is 7.91. The van der Waals surface area contributed by atoms with Crippen molar-refractivity contribution in [3.8, 4) is 0 Å². The first-order valence-corrected chi connectivity index (χ1v) is 14.6. The summed E-state index contributed by atoms with van der Waals surface area (Å²) in [6.07, 6.45) is 6.05. The summed E-state index contributed by atoms with van der Waals surface area (Å²) in [6.45, 7) is 5.03. The molecule has 3 aromatic heterocycles. The van der Waals surface area contributed by atoms with Crippen molar-refractivity contribution in [2.45, 2.75) is 57.4 Å². The van der Waals surface area contributed by atoms with E-state index in [0.717, 1.165) is 55.6 Å². The first-order chi connectivity index (χ1) is 15.4. The molecule has 6 nitrogen and oxygen atoms in total. The monoisotopic (exact) mass is 591 g/mol. The van der Waals surface area contributed by atoms with E-state index < -0.39 is 9.84 Å². The van der Waals surface area contributed by atoms with E-state index in [9.17, 15) is 13.2 Å². The minimum Gasteiger partial charge on any atom is -0.296 e. The highest BCUT2D eigenvalue weighted by atomic mass is 35.5. The summed E-state index contributed by atoms with van der Waals surface area (Å²) in [6, 6.07) is 1.74. The van der Waals surface area contributed by atoms with E-state index in [1.54, 1.807) is 6.07 Å². The fraction of sp³-hybridized carbons (Fsp3) is 0.450. The van der Waals surface area contributed by atoms with Crippen molar-refractivity contribution in [1.29, 1.82) is 0 Å². The average molecular weight is 594 g/mol. The van der Waals surface area contributed by atoms with Gasteiger partial charge < -0.3 is 0 Å². The summed E-state index contributed by atoms with van der Waals surface area (Å²) in [4.78, 5) is 21.2. The van der Waals surface area contributed by atoms with Crippen LogP contribution in [0.15, 0.2) is 15.8 Å². The standard InChI is InChI=1S/C14H19ClN2OS.C6H3Cl4NO2S/c1-3-5-7-12-16-13-10(9-11(15)19-13)14(18)17(12)8-6-4-2;1-14(12,13)4-2(7)5(9)11-6(10)3(4)8/h9H,3-8H2,1-2H3;1H3. The van der Waals surface area contributed by atoms with Gasteiger partial charge in [-0.1, -0.05) is 84.7 Å². The molecule has 0 aliphatic carbocycles. The molecule has 0 bridgehead atoms. The van der Waals surface area contributed by atoms with E-state index in [2.05, 4.69) is 23.8 Å². The minimum atomic E-state index is -3.58. The summed E-state index contributed by atoms with van der Waals surface area (Å²) < 4.78 is 25.0. The van der Waals surface area contributed by atoms with E-state index >= 15 is 0 Å². The van der Waals surface area contributed by atoms with Crippen LogP contribution < -0.4 is 5.56 Å². The lowest BCUT2D eigenvalue weighted by atomic mass is 10.2. The molecule has 182 valence electrons. The van der Waals surface area contributed by atoms with Crippen molar-refractivity contribution < 1.29 is 8.42 Å². The van der Waals surface area contributed by atoms with Crippen molar-refractivity contribution in [2.75, 3.05) is 6.26 Å². The van der Waals surface area contributed by atoms with Crippen molar-refractivity contribution in [3.05, 3.63) is 46.9 Å². The molecule has 0 radical (unpaired) electrons. The number of nitrogens with zero attached hydrogens (tertiary/aromatic N) is 3. The smallest absolute Gasteiger partial charge is 0.262 e. The fourth-order valence-corrected chi connectivity index (χ4v) is 6.51. The second-order valence-electron chi connectivity index (χ2n) is 7.13. The molecule has 13 heteroatoms. The maximum absolute atomic E-state index is 12.5. The summed E-state index contributed by atoms with van der Waals surface area (Å²) in [5.74, 6) is 0.909. The van der Waals surface area contributed by atoms with Crippen LogP contribution in [0.4, 0.5) is 0 Å². The Hall–Kier alpha value is -0.610. The van der Waals surface area contributed by atoms with E-state index in [1.165, 1.54) is 11.3 Å². The first-order valence-electron chi connectivity index (χ1n) is 10.0. The zero-order chi connectivity index (χ0) is 24.9. The topological polar surface area (TPSA) is 81.9 Å². The molecule has 0 saturated heterocycles. The van der Waals surface area contributed by atoms with E-state index in [-0.39, 0.29) is 30.8 Å². The zero-order valence-electron chi connectivity index (χ0n) is 18.1. The summed E-state index contributed by atoms with van der Waals surface area (Å²) in [5.41, 5.74) is 0.0627.